The first kappa shape index (κ1) is 17.4. The fraction of sp³-hybridized carbons (Fsp3) is 0.150. The summed E-state index contributed by atoms with van der Waals surface area (Å²) in [7, 11) is 1.79. The van der Waals surface area contributed by atoms with E-state index in [4.69, 9.17) is 6.42 Å². The minimum atomic E-state index is -0.149. The summed E-state index contributed by atoms with van der Waals surface area (Å²) in [4.78, 5) is 26.2. The van der Waals surface area contributed by atoms with Crippen molar-refractivity contribution in [2.75, 3.05) is 0 Å². The molecule has 1 aliphatic rings. The van der Waals surface area contributed by atoms with Gasteiger partial charge in [-0.3, -0.25) is 9.59 Å². The SMILES string of the molecule is C#CCn1c2c([n+](C)c1C)C(=O)c1cc3ccccc3cc1C2=O.[I-]. The van der Waals surface area contributed by atoms with Gasteiger partial charge in [0.2, 0.25) is 23.0 Å². The zero-order valence-corrected chi connectivity index (χ0v) is 16.0. The number of nitrogens with zero attached hydrogens (tertiary/aromatic N) is 2. The summed E-state index contributed by atoms with van der Waals surface area (Å²) >= 11 is 0. The Morgan fingerprint density at radius 2 is 1.64 bits per heavy atom. The van der Waals surface area contributed by atoms with Crippen molar-refractivity contribution in [2.24, 2.45) is 7.05 Å². The molecule has 4 nitrogen and oxygen atoms in total. The Kier molecular flexibility index (Phi) is 4.25. The monoisotopic (exact) mass is 442 g/mol. The van der Waals surface area contributed by atoms with Crippen LogP contribution < -0.4 is 28.5 Å². The van der Waals surface area contributed by atoms with E-state index in [9.17, 15) is 9.59 Å². The molecule has 0 saturated carbocycles. The van der Waals surface area contributed by atoms with E-state index in [1.54, 1.807) is 22.2 Å². The quantitative estimate of drug-likeness (QED) is 0.220. The van der Waals surface area contributed by atoms with Gasteiger partial charge in [-0.15, -0.1) is 6.42 Å². The number of hydrogen-bond acceptors (Lipinski definition) is 2. The molecule has 0 fully saturated rings. The first-order valence-electron chi connectivity index (χ1n) is 7.69. The molecule has 0 spiro atoms. The van der Waals surface area contributed by atoms with Crippen LogP contribution in [0.1, 0.15) is 37.9 Å². The maximum absolute atomic E-state index is 13.1. The van der Waals surface area contributed by atoms with Gasteiger partial charge in [0, 0.05) is 18.1 Å². The van der Waals surface area contributed by atoms with Crippen molar-refractivity contribution in [1.82, 2.24) is 4.57 Å². The van der Waals surface area contributed by atoms with Crippen molar-refractivity contribution in [1.29, 1.82) is 0 Å². The van der Waals surface area contributed by atoms with Gasteiger partial charge in [0.15, 0.2) is 6.54 Å². The fourth-order valence-corrected chi connectivity index (χ4v) is 3.44. The molecule has 1 heterocycles. The number of ketones is 2. The summed E-state index contributed by atoms with van der Waals surface area (Å²) in [6, 6.07) is 11.3. The zero-order valence-electron chi connectivity index (χ0n) is 13.8. The average molecular weight is 442 g/mol. The molecule has 0 radical (unpaired) electrons. The Labute approximate surface area is 162 Å². The molecular weight excluding hydrogens is 427 g/mol. The number of imidazole rings is 1. The molecule has 1 aliphatic carbocycles. The predicted molar refractivity (Wildman–Crippen MR) is 90.0 cm³/mol. The predicted octanol–water partition coefficient (Wildman–Crippen LogP) is -0.813. The van der Waals surface area contributed by atoms with Gasteiger partial charge in [0.05, 0.1) is 7.05 Å². The van der Waals surface area contributed by atoms with E-state index in [1.807, 2.05) is 37.3 Å². The van der Waals surface area contributed by atoms with E-state index in [0.29, 0.717) is 22.5 Å². The number of carbonyl (C=O) groups is 2. The maximum Gasteiger partial charge on any atom is 0.255 e. The lowest BCUT2D eigenvalue weighted by Gasteiger charge is -2.13. The van der Waals surface area contributed by atoms with Gasteiger partial charge in [-0.05, 0) is 22.9 Å². The maximum atomic E-state index is 13.1. The molecule has 0 amide bonds. The summed E-state index contributed by atoms with van der Waals surface area (Å²) in [6.07, 6.45) is 5.44. The van der Waals surface area contributed by atoms with Crippen LogP contribution in [-0.2, 0) is 13.6 Å². The Bertz CT molecular complexity index is 1100. The van der Waals surface area contributed by atoms with Crippen LogP contribution in [0, 0.1) is 19.3 Å². The minimum Gasteiger partial charge on any atom is -1.00 e. The second-order valence-corrected chi connectivity index (χ2v) is 6.00. The first-order chi connectivity index (χ1) is 11.5. The van der Waals surface area contributed by atoms with Crippen molar-refractivity contribution in [3.8, 4) is 12.3 Å². The highest BCUT2D eigenvalue weighted by Crippen LogP contribution is 2.30. The molecule has 0 atom stereocenters. The van der Waals surface area contributed by atoms with Crippen LogP contribution in [0.5, 0.6) is 0 Å². The van der Waals surface area contributed by atoms with Crippen molar-refractivity contribution in [3.63, 3.8) is 0 Å². The number of terminal acetylenes is 1. The van der Waals surface area contributed by atoms with E-state index in [1.165, 1.54) is 0 Å². The molecule has 2 aromatic carbocycles. The van der Waals surface area contributed by atoms with E-state index < -0.39 is 0 Å². The second kappa shape index (κ2) is 6.12. The van der Waals surface area contributed by atoms with Crippen LogP contribution in [0.3, 0.4) is 0 Å². The molecule has 0 saturated heterocycles. The highest BCUT2D eigenvalue weighted by molar-refractivity contribution is 6.27. The van der Waals surface area contributed by atoms with Gasteiger partial charge in [0.1, 0.15) is 0 Å². The number of carbonyl (C=O) groups excluding carboxylic acids is 2. The molecule has 5 heteroatoms. The van der Waals surface area contributed by atoms with Gasteiger partial charge in [-0.1, -0.05) is 30.2 Å². The molecule has 0 aliphatic heterocycles. The smallest absolute Gasteiger partial charge is 0.255 e. The highest BCUT2D eigenvalue weighted by Gasteiger charge is 2.42. The Hall–Kier alpha value is -2.46. The molecule has 124 valence electrons. The topological polar surface area (TPSA) is 43.0 Å². The molecule has 4 rings (SSSR count). The van der Waals surface area contributed by atoms with Crippen LogP contribution in [0.2, 0.25) is 0 Å². The number of fused-ring (bicyclic) bond motifs is 3. The van der Waals surface area contributed by atoms with E-state index in [-0.39, 0.29) is 42.1 Å². The van der Waals surface area contributed by atoms with Gasteiger partial charge < -0.3 is 24.0 Å². The molecule has 3 aromatic rings. The van der Waals surface area contributed by atoms with E-state index in [2.05, 4.69) is 5.92 Å². The largest absolute Gasteiger partial charge is 1.00 e. The van der Waals surface area contributed by atoms with Crippen LogP contribution in [0.25, 0.3) is 10.8 Å². The lowest BCUT2D eigenvalue weighted by molar-refractivity contribution is -0.679. The summed E-state index contributed by atoms with van der Waals surface area (Å²) in [5, 5.41) is 1.89. The lowest BCUT2D eigenvalue weighted by Crippen LogP contribution is -3.00. The second-order valence-electron chi connectivity index (χ2n) is 6.00. The molecule has 0 N–H and O–H groups in total. The van der Waals surface area contributed by atoms with Crippen LogP contribution >= 0.6 is 0 Å². The van der Waals surface area contributed by atoms with Crippen molar-refractivity contribution in [2.45, 2.75) is 13.5 Å². The van der Waals surface area contributed by atoms with Gasteiger partial charge in [0.25, 0.3) is 5.82 Å². The van der Waals surface area contributed by atoms with Gasteiger partial charge in [-0.2, -0.15) is 0 Å². The third kappa shape index (κ3) is 2.32. The zero-order chi connectivity index (χ0) is 17.0. The number of halogens is 1. The van der Waals surface area contributed by atoms with Gasteiger partial charge >= 0.3 is 0 Å². The minimum absolute atomic E-state index is 0. The van der Waals surface area contributed by atoms with E-state index >= 15 is 0 Å². The summed E-state index contributed by atoms with van der Waals surface area (Å²) in [5.74, 6) is 3.07. The van der Waals surface area contributed by atoms with Crippen LogP contribution in [0.4, 0.5) is 0 Å². The lowest BCUT2D eigenvalue weighted by atomic mass is 9.87. The van der Waals surface area contributed by atoms with E-state index in [0.717, 1.165) is 16.6 Å². The van der Waals surface area contributed by atoms with Crippen molar-refractivity contribution < 1.29 is 38.1 Å². The third-order valence-corrected chi connectivity index (χ3v) is 4.76. The normalized spacial score (nSPS) is 12.4. The standard InChI is InChI=1S/C20H15N2O2.HI/c1-4-9-22-12(2)21(3)17-18(22)20(24)16-11-14-8-6-5-7-13(14)10-15(16)19(17)23;/h1,5-8,10-11H,9H2,2-3H3;1H/q+1;/p-1. The first-order valence-corrected chi connectivity index (χ1v) is 7.69. The molecule has 0 bridgehead atoms. The number of aromatic nitrogens is 2. The molecule has 0 unspecified atom stereocenters. The summed E-state index contributed by atoms with van der Waals surface area (Å²) < 4.78 is 3.50. The summed E-state index contributed by atoms with van der Waals surface area (Å²) in [5.41, 5.74) is 1.71. The fourth-order valence-electron chi connectivity index (χ4n) is 3.44. The highest BCUT2D eigenvalue weighted by atomic mass is 127. The number of benzene rings is 2. The Balaban J connectivity index is 0.00000182. The average Bonchev–Trinajstić information content (AvgIpc) is 2.84. The molecular formula is C20H15IN2O2. The van der Waals surface area contributed by atoms with Crippen molar-refractivity contribution in [3.05, 3.63) is 64.7 Å². The number of rotatable bonds is 1. The van der Waals surface area contributed by atoms with Crippen LogP contribution in [0.15, 0.2) is 36.4 Å². The Morgan fingerprint density at radius 3 is 2.20 bits per heavy atom. The molecule has 1 aromatic heterocycles. The Morgan fingerprint density at radius 1 is 1.08 bits per heavy atom. The molecule has 25 heavy (non-hydrogen) atoms. The summed E-state index contributed by atoms with van der Waals surface area (Å²) in [6.45, 7) is 2.12. The van der Waals surface area contributed by atoms with Gasteiger partial charge in [-0.25, -0.2) is 9.13 Å². The number of hydrogen-bond donors (Lipinski definition) is 0. The van der Waals surface area contributed by atoms with Crippen LogP contribution in [-0.4, -0.2) is 16.1 Å². The van der Waals surface area contributed by atoms with Crippen molar-refractivity contribution >= 4 is 22.3 Å². The third-order valence-electron chi connectivity index (χ3n) is 4.76.